The number of Topliss-reactive ketones (excluding diaryl/α,β-unsaturated/α-hetero) is 1. The Morgan fingerprint density at radius 2 is 1.68 bits per heavy atom. The van der Waals surface area contributed by atoms with Crippen molar-refractivity contribution in [3.8, 4) is 0 Å². The van der Waals surface area contributed by atoms with Crippen molar-refractivity contribution in [2.24, 2.45) is 0 Å². The van der Waals surface area contributed by atoms with Crippen LogP contribution >= 0.6 is 11.8 Å². The van der Waals surface area contributed by atoms with E-state index in [1.165, 1.54) is 18.8 Å². The summed E-state index contributed by atoms with van der Waals surface area (Å²) in [6.07, 6.45) is 1.92. The van der Waals surface area contributed by atoms with Crippen molar-refractivity contribution < 1.29 is 14.4 Å². The molecular weight excluding hydrogens is 336 g/mol. The van der Waals surface area contributed by atoms with Gasteiger partial charge in [-0.2, -0.15) is 0 Å². The molecule has 0 radical (unpaired) electrons. The number of likely N-dealkylation sites (N-methyl/N-ethyl adjacent to an activating group) is 1. The minimum atomic E-state index is -0.711. The van der Waals surface area contributed by atoms with Gasteiger partial charge in [0.05, 0.1) is 12.2 Å². The van der Waals surface area contributed by atoms with E-state index in [1.807, 2.05) is 31.4 Å². The summed E-state index contributed by atoms with van der Waals surface area (Å²) < 4.78 is 0. The molecule has 130 valence electrons. The van der Waals surface area contributed by atoms with Crippen LogP contribution in [-0.4, -0.2) is 42.3 Å². The summed E-state index contributed by atoms with van der Waals surface area (Å²) in [5.74, 6) is -1.69. The molecule has 0 saturated heterocycles. The number of aryl methyl sites for hydroxylation is 1. The molecule has 2 aromatic carbocycles. The molecule has 0 aliphatic heterocycles. The van der Waals surface area contributed by atoms with Gasteiger partial charge in [0, 0.05) is 17.5 Å². The molecule has 2 rings (SSSR count). The van der Waals surface area contributed by atoms with Gasteiger partial charge in [0.25, 0.3) is 5.91 Å². The SMILES string of the molecule is CSc1ccccc1NC(=O)CN(C)C(=O)C(=O)c1ccc(C)cc1. The first-order chi connectivity index (χ1) is 11.9. The molecule has 0 aliphatic rings. The van der Waals surface area contributed by atoms with Gasteiger partial charge in [-0.25, -0.2) is 0 Å². The Bertz CT molecular complexity index is 788. The van der Waals surface area contributed by atoms with E-state index >= 15 is 0 Å². The third-order valence-electron chi connectivity index (χ3n) is 3.62. The summed E-state index contributed by atoms with van der Waals surface area (Å²) in [6.45, 7) is 1.71. The Kier molecular flexibility index (Phi) is 6.36. The summed E-state index contributed by atoms with van der Waals surface area (Å²) in [6, 6.07) is 14.2. The normalized spacial score (nSPS) is 10.2. The van der Waals surface area contributed by atoms with Crippen LogP contribution < -0.4 is 5.32 Å². The van der Waals surface area contributed by atoms with Crippen molar-refractivity contribution in [1.82, 2.24) is 4.90 Å². The highest BCUT2D eigenvalue weighted by Gasteiger charge is 2.22. The molecule has 2 amide bonds. The molecule has 0 unspecified atom stereocenters. The number of rotatable bonds is 6. The molecule has 5 nitrogen and oxygen atoms in total. The minimum Gasteiger partial charge on any atom is -0.330 e. The number of nitrogens with one attached hydrogen (secondary N) is 1. The number of hydrogen-bond donors (Lipinski definition) is 1. The minimum absolute atomic E-state index is 0.195. The number of carbonyl (C=O) groups excluding carboxylic acids is 3. The van der Waals surface area contributed by atoms with Crippen molar-refractivity contribution in [2.75, 3.05) is 25.2 Å². The first kappa shape index (κ1) is 18.7. The molecule has 0 spiro atoms. The van der Waals surface area contributed by atoms with Crippen LogP contribution in [0.5, 0.6) is 0 Å². The van der Waals surface area contributed by atoms with Gasteiger partial charge in [0.1, 0.15) is 0 Å². The van der Waals surface area contributed by atoms with Crippen LogP contribution in [0.1, 0.15) is 15.9 Å². The quantitative estimate of drug-likeness (QED) is 0.491. The van der Waals surface area contributed by atoms with Crippen molar-refractivity contribution >= 4 is 35.0 Å². The van der Waals surface area contributed by atoms with Gasteiger partial charge in [-0.15, -0.1) is 11.8 Å². The fourth-order valence-electron chi connectivity index (χ4n) is 2.23. The highest BCUT2D eigenvalue weighted by molar-refractivity contribution is 7.98. The predicted octanol–water partition coefficient (Wildman–Crippen LogP) is 3.00. The average Bonchev–Trinajstić information content (AvgIpc) is 2.61. The van der Waals surface area contributed by atoms with E-state index in [0.29, 0.717) is 11.3 Å². The number of hydrogen-bond acceptors (Lipinski definition) is 4. The van der Waals surface area contributed by atoms with E-state index < -0.39 is 11.7 Å². The van der Waals surface area contributed by atoms with E-state index in [0.717, 1.165) is 15.4 Å². The Balaban J connectivity index is 1.99. The lowest BCUT2D eigenvalue weighted by molar-refractivity contribution is -0.129. The second kappa shape index (κ2) is 8.48. The largest absolute Gasteiger partial charge is 0.330 e. The maximum absolute atomic E-state index is 12.2. The monoisotopic (exact) mass is 356 g/mol. The number of para-hydroxylation sites is 1. The zero-order valence-corrected chi connectivity index (χ0v) is 15.2. The zero-order valence-electron chi connectivity index (χ0n) is 14.4. The molecule has 25 heavy (non-hydrogen) atoms. The van der Waals surface area contributed by atoms with Crippen LogP contribution in [0.15, 0.2) is 53.4 Å². The first-order valence-electron chi connectivity index (χ1n) is 7.71. The second-order valence-corrected chi connectivity index (χ2v) is 6.45. The van der Waals surface area contributed by atoms with Gasteiger partial charge in [-0.1, -0.05) is 42.0 Å². The number of benzene rings is 2. The van der Waals surface area contributed by atoms with Gasteiger partial charge in [-0.3, -0.25) is 14.4 Å². The molecule has 0 aromatic heterocycles. The molecule has 0 fully saturated rings. The lowest BCUT2D eigenvalue weighted by Crippen LogP contribution is -2.39. The molecule has 0 aliphatic carbocycles. The Hall–Kier alpha value is -2.60. The maximum Gasteiger partial charge on any atom is 0.295 e. The van der Waals surface area contributed by atoms with E-state index in [2.05, 4.69) is 5.32 Å². The van der Waals surface area contributed by atoms with Crippen LogP contribution in [0.4, 0.5) is 5.69 Å². The topological polar surface area (TPSA) is 66.5 Å². The molecule has 0 atom stereocenters. The summed E-state index contributed by atoms with van der Waals surface area (Å²) in [5, 5.41) is 2.77. The van der Waals surface area contributed by atoms with Gasteiger partial charge >= 0.3 is 0 Å². The highest BCUT2D eigenvalue weighted by atomic mass is 32.2. The number of anilines is 1. The van der Waals surface area contributed by atoms with Gasteiger partial charge < -0.3 is 10.2 Å². The van der Waals surface area contributed by atoms with E-state index in [-0.39, 0.29) is 12.5 Å². The molecule has 1 N–H and O–H groups in total. The molecule has 0 saturated carbocycles. The molecular formula is C19H20N2O3S. The van der Waals surface area contributed by atoms with Gasteiger partial charge in [-0.05, 0) is 25.3 Å². The van der Waals surface area contributed by atoms with Crippen LogP contribution in [0.2, 0.25) is 0 Å². The van der Waals surface area contributed by atoms with Crippen LogP contribution in [0.25, 0.3) is 0 Å². The molecule has 2 aromatic rings. The standard InChI is InChI=1S/C19H20N2O3S/c1-13-8-10-14(11-9-13)18(23)19(24)21(2)12-17(22)20-15-6-4-5-7-16(15)25-3/h4-11H,12H2,1-3H3,(H,20,22). The number of ketones is 1. The Morgan fingerprint density at radius 3 is 2.32 bits per heavy atom. The molecule has 0 bridgehead atoms. The third-order valence-corrected chi connectivity index (χ3v) is 4.41. The smallest absolute Gasteiger partial charge is 0.295 e. The summed E-state index contributed by atoms with van der Waals surface area (Å²) in [4.78, 5) is 38.7. The third kappa shape index (κ3) is 4.93. The average molecular weight is 356 g/mol. The Labute approximate surface area is 151 Å². The lowest BCUT2D eigenvalue weighted by Gasteiger charge is -2.17. The highest BCUT2D eigenvalue weighted by Crippen LogP contribution is 2.24. The molecule has 6 heteroatoms. The number of amides is 2. The van der Waals surface area contributed by atoms with Crippen molar-refractivity contribution in [1.29, 1.82) is 0 Å². The summed E-state index contributed by atoms with van der Waals surface area (Å²) in [7, 11) is 1.44. The first-order valence-corrected chi connectivity index (χ1v) is 8.94. The van der Waals surface area contributed by atoms with Gasteiger partial charge in [0.15, 0.2) is 0 Å². The van der Waals surface area contributed by atoms with Crippen molar-refractivity contribution in [2.45, 2.75) is 11.8 Å². The van der Waals surface area contributed by atoms with Gasteiger partial charge in [0.2, 0.25) is 11.7 Å². The van der Waals surface area contributed by atoms with Crippen molar-refractivity contribution in [3.63, 3.8) is 0 Å². The lowest BCUT2D eigenvalue weighted by atomic mass is 10.1. The fourth-order valence-corrected chi connectivity index (χ4v) is 2.78. The Morgan fingerprint density at radius 1 is 1.04 bits per heavy atom. The van der Waals surface area contributed by atoms with E-state index in [4.69, 9.17) is 0 Å². The number of carbonyl (C=O) groups is 3. The predicted molar refractivity (Wildman–Crippen MR) is 100.0 cm³/mol. The fraction of sp³-hybridized carbons (Fsp3) is 0.211. The maximum atomic E-state index is 12.2. The van der Waals surface area contributed by atoms with E-state index in [1.54, 1.807) is 30.3 Å². The summed E-state index contributed by atoms with van der Waals surface area (Å²) in [5.41, 5.74) is 2.01. The van der Waals surface area contributed by atoms with Crippen molar-refractivity contribution in [3.05, 3.63) is 59.7 Å². The van der Waals surface area contributed by atoms with Crippen LogP contribution in [-0.2, 0) is 9.59 Å². The molecule has 0 heterocycles. The zero-order chi connectivity index (χ0) is 18.4. The van der Waals surface area contributed by atoms with E-state index in [9.17, 15) is 14.4 Å². The summed E-state index contributed by atoms with van der Waals surface area (Å²) >= 11 is 1.52. The van der Waals surface area contributed by atoms with Crippen LogP contribution in [0.3, 0.4) is 0 Å². The van der Waals surface area contributed by atoms with Crippen LogP contribution in [0, 0.1) is 6.92 Å². The second-order valence-electron chi connectivity index (χ2n) is 5.60. The number of nitrogens with zero attached hydrogens (tertiary/aromatic N) is 1. The number of thioether (sulfide) groups is 1.